The van der Waals surface area contributed by atoms with Crippen molar-refractivity contribution < 1.29 is 29.9 Å². The molecule has 122 valence electrons. The summed E-state index contributed by atoms with van der Waals surface area (Å²) >= 11 is 0. The van der Waals surface area contributed by atoms with Gasteiger partial charge in [0.25, 0.3) is 0 Å². The fourth-order valence-corrected chi connectivity index (χ4v) is 3.66. The Hall–Kier alpha value is -0.280. The van der Waals surface area contributed by atoms with Gasteiger partial charge in [0, 0.05) is 23.8 Å². The highest BCUT2D eigenvalue weighted by molar-refractivity contribution is 5.04. The van der Waals surface area contributed by atoms with Crippen LogP contribution in [0.1, 0.15) is 32.6 Å². The van der Waals surface area contributed by atoms with Gasteiger partial charge in [-0.15, -0.1) is 0 Å². The fourth-order valence-electron chi connectivity index (χ4n) is 3.66. The van der Waals surface area contributed by atoms with E-state index < -0.39 is 36.4 Å². The van der Waals surface area contributed by atoms with Gasteiger partial charge in [0.05, 0.1) is 18.8 Å². The second-order valence-electron chi connectivity index (χ2n) is 6.82. The zero-order valence-electron chi connectivity index (χ0n) is 12.2. The van der Waals surface area contributed by atoms with Gasteiger partial charge in [-0.3, -0.25) is 5.32 Å². The van der Waals surface area contributed by atoms with Gasteiger partial charge in [-0.1, -0.05) is 6.92 Å². The van der Waals surface area contributed by atoms with Crippen molar-refractivity contribution in [1.29, 1.82) is 0 Å². The lowest BCUT2D eigenvalue weighted by atomic mass is 9.81. The molecule has 1 saturated carbocycles. The predicted molar refractivity (Wildman–Crippen MR) is 71.8 cm³/mol. The third-order valence-electron chi connectivity index (χ3n) is 5.22. The molecule has 5 N–H and O–H groups in total. The third kappa shape index (κ3) is 2.84. The molecule has 0 aromatic rings. The first-order valence-electron chi connectivity index (χ1n) is 7.67. The van der Waals surface area contributed by atoms with Crippen LogP contribution in [0.4, 0.5) is 0 Å². The summed E-state index contributed by atoms with van der Waals surface area (Å²) in [5.41, 5.74) is -0.525. The Morgan fingerprint density at radius 2 is 2.05 bits per heavy atom. The molecule has 21 heavy (non-hydrogen) atoms. The highest BCUT2D eigenvalue weighted by atomic mass is 16.7. The molecule has 7 heteroatoms. The van der Waals surface area contributed by atoms with Crippen LogP contribution in [0.15, 0.2) is 0 Å². The van der Waals surface area contributed by atoms with Crippen LogP contribution in [0, 0.1) is 11.3 Å². The first-order valence-corrected chi connectivity index (χ1v) is 7.67. The number of nitrogens with one attached hydrogen (secondary N) is 1. The molecular weight excluding hydrogens is 278 g/mol. The molecule has 1 aliphatic carbocycles. The summed E-state index contributed by atoms with van der Waals surface area (Å²) in [6, 6.07) is -0.324. The summed E-state index contributed by atoms with van der Waals surface area (Å²) in [6.07, 6.45) is -1.50. The van der Waals surface area contributed by atoms with E-state index in [2.05, 4.69) is 5.32 Å². The molecule has 2 bridgehead atoms. The second kappa shape index (κ2) is 5.73. The molecule has 0 aromatic heterocycles. The minimum absolute atomic E-state index is 0.0321. The van der Waals surface area contributed by atoms with E-state index in [0.29, 0.717) is 25.7 Å². The van der Waals surface area contributed by atoms with E-state index in [0.717, 1.165) is 0 Å². The Kier molecular flexibility index (Phi) is 4.26. The lowest BCUT2D eigenvalue weighted by Gasteiger charge is -2.33. The number of ether oxygens (including phenoxy) is 2. The highest BCUT2D eigenvalue weighted by Crippen LogP contribution is 2.43. The topological polar surface area (TPSA) is 111 Å². The molecular formula is C14H25NO6. The summed E-state index contributed by atoms with van der Waals surface area (Å²) in [5.74, 6) is 0.0321. The zero-order chi connectivity index (χ0) is 15.2. The van der Waals surface area contributed by atoms with Gasteiger partial charge in [0.1, 0.15) is 6.23 Å². The van der Waals surface area contributed by atoms with E-state index >= 15 is 0 Å². The SMILES string of the molecule is CC1CC(OCC23CCC(O)C(O)C(C2)NC3O)OC1O. The van der Waals surface area contributed by atoms with Crippen molar-refractivity contribution in [3.63, 3.8) is 0 Å². The summed E-state index contributed by atoms with van der Waals surface area (Å²) in [6.45, 7) is 2.17. The van der Waals surface area contributed by atoms with Gasteiger partial charge in [-0.2, -0.15) is 0 Å². The van der Waals surface area contributed by atoms with Gasteiger partial charge in [0.15, 0.2) is 12.6 Å². The van der Waals surface area contributed by atoms with E-state index in [1.165, 1.54) is 0 Å². The zero-order valence-corrected chi connectivity index (χ0v) is 12.2. The first-order chi connectivity index (χ1) is 9.91. The number of aliphatic hydroxyl groups excluding tert-OH is 4. The molecule has 7 nitrogen and oxygen atoms in total. The summed E-state index contributed by atoms with van der Waals surface area (Å²) in [5, 5.41) is 42.7. The Morgan fingerprint density at radius 1 is 1.29 bits per heavy atom. The van der Waals surface area contributed by atoms with Gasteiger partial charge >= 0.3 is 0 Å². The largest absolute Gasteiger partial charge is 0.390 e. The minimum Gasteiger partial charge on any atom is -0.390 e. The van der Waals surface area contributed by atoms with Gasteiger partial charge in [-0.25, -0.2) is 0 Å². The maximum absolute atomic E-state index is 10.3. The van der Waals surface area contributed by atoms with E-state index in [1.54, 1.807) is 0 Å². The van der Waals surface area contributed by atoms with Crippen LogP contribution >= 0.6 is 0 Å². The second-order valence-corrected chi connectivity index (χ2v) is 6.82. The Labute approximate surface area is 123 Å². The van der Waals surface area contributed by atoms with Gasteiger partial charge < -0.3 is 29.9 Å². The molecule has 0 spiro atoms. The summed E-state index contributed by atoms with van der Waals surface area (Å²) in [7, 11) is 0. The molecule has 2 aliphatic heterocycles. The molecule has 3 aliphatic rings. The van der Waals surface area contributed by atoms with Crippen LogP contribution in [0.25, 0.3) is 0 Å². The van der Waals surface area contributed by atoms with Crippen molar-refractivity contribution in [3.8, 4) is 0 Å². The normalized spacial score (nSPS) is 53.9. The summed E-state index contributed by atoms with van der Waals surface area (Å²) < 4.78 is 11.1. The molecule has 8 unspecified atom stereocenters. The first kappa shape index (κ1) is 15.6. The van der Waals surface area contributed by atoms with Crippen LogP contribution < -0.4 is 5.32 Å². The highest BCUT2D eigenvalue weighted by Gasteiger charge is 2.52. The van der Waals surface area contributed by atoms with Crippen LogP contribution in [-0.2, 0) is 9.47 Å². The van der Waals surface area contributed by atoms with Crippen molar-refractivity contribution in [1.82, 2.24) is 5.32 Å². The van der Waals surface area contributed by atoms with Crippen LogP contribution in [0.3, 0.4) is 0 Å². The van der Waals surface area contributed by atoms with Crippen molar-refractivity contribution in [3.05, 3.63) is 0 Å². The Morgan fingerprint density at radius 3 is 2.71 bits per heavy atom. The van der Waals surface area contributed by atoms with Crippen molar-refractivity contribution in [2.75, 3.05) is 6.61 Å². The third-order valence-corrected chi connectivity index (χ3v) is 5.22. The predicted octanol–water partition coefficient (Wildman–Crippen LogP) is -1.11. The molecule has 2 heterocycles. The number of aliphatic hydroxyl groups is 4. The number of fused-ring (bicyclic) bond motifs is 2. The Balaban J connectivity index is 1.63. The van der Waals surface area contributed by atoms with E-state index in [4.69, 9.17) is 9.47 Å². The molecule has 0 radical (unpaired) electrons. The number of hydrogen-bond acceptors (Lipinski definition) is 7. The maximum Gasteiger partial charge on any atom is 0.161 e. The molecule has 8 atom stereocenters. The number of rotatable bonds is 3. The van der Waals surface area contributed by atoms with Crippen LogP contribution in [0.2, 0.25) is 0 Å². The minimum atomic E-state index is -0.867. The fraction of sp³-hybridized carbons (Fsp3) is 1.00. The van der Waals surface area contributed by atoms with Crippen molar-refractivity contribution >= 4 is 0 Å². The van der Waals surface area contributed by atoms with Gasteiger partial charge in [-0.05, 0) is 19.3 Å². The lowest BCUT2D eigenvalue weighted by molar-refractivity contribution is -0.206. The average Bonchev–Trinajstić information content (AvgIpc) is 2.91. The van der Waals surface area contributed by atoms with E-state index in [9.17, 15) is 20.4 Å². The molecule has 3 rings (SSSR count). The average molecular weight is 303 g/mol. The van der Waals surface area contributed by atoms with Crippen molar-refractivity contribution in [2.24, 2.45) is 11.3 Å². The monoisotopic (exact) mass is 303 g/mol. The van der Waals surface area contributed by atoms with Crippen molar-refractivity contribution in [2.45, 2.75) is 69.7 Å². The van der Waals surface area contributed by atoms with E-state index in [1.807, 2.05) is 6.92 Å². The molecule has 0 amide bonds. The molecule has 0 aromatic carbocycles. The van der Waals surface area contributed by atoms with Crippen LogP contribution in [-0.4, -0.2) is 64.1 Å². The lowest BCUT2D eigenvalue weighted by Crippen LogP contribution is -2.48. The standard InChI is InChI=1S/C14H25NO6/c1-7-4-10(21-12(7)18)20-6-14-3-2-9(16)11(17)8(5-14)15-13(14)19/h7-13,15-19H,2-6H2,1H3. The van der Waals surface area contributed by atoms with Crippen LogP contribution in [0.5, 0.6) is 0 Å². The maximum atomic E-state index is 10.3. The van der Waals surface area contributed by atoms with Gasteiger partial charge in [0.2, 0.25) is 0 Å². The smallest absolute Gasteiger partial charge is 0.161 e. The number of hydrogen-bond donors (Lipinski definition) is 5. The molecule has 3 fully saturated rings. The molecule has 2 saturated heterocycles. The Bertz CT molecular complexity index is 372. The van der Waals surface area contributed by atoms with E-state index in [-0.39, 0.29) is 18.6 Å². The summed E-state index contributed by atoms with van der Waals surface area (Å²) in [4.78, 5) is 0. The quantitative estimate of drug-likeness (QED) is 0.449.